The highest BCUT2D eigenvalue weighted by Gasteiger charge is 2.36. The molecule has 160 valence electrons. The first kappa shape index (κ1) is 25.3. The Bertz CT molecular complexity index is 926. The Labute approximate surface area is 181 Å². The van der Waals surface area contributed by atoms with E-state index in [4.69, 9.17) is 17.5 Å². The van der Waals surface area contributed by atoms with Crippen LogP contribution < -0.4 is 4.90 Å². The summed E-state index contributed by atoms with van der Waals surface area (Å²) in [5.74, 6) is -0.419. The summed E-state index contributed by atoms with van der Waals surface area (Å²) in [5, 5.41) is 8.80. The number of anilines is 1. The van der Waals surface area contributed by atoms with Crippen LogP contribution in [0.15, 0.2) is 48.5 Å². The van der Waals surface area contributed by atoms with E-state index in [2.05, 4.69) is 31.2 Å². The van der Waals surface area contributed by atoms with Crippen LogP contribution >= 0.6 is 12.2 Å². The molecule has 0 bridgehead atoms. The molecule has 2 aromatic carbocycles. The molecule has 0 saturated carbocycles. The fraction of sp³-hybridized carbons (Fsp3) is 0.348. The number of nitriles is 1. The Balaban J connectivity index is 0.000000467. The SMILES string of the molecule is CC(=S)N(C(=O)C(C)(C)C)c1ccc(C#N)c(C(F)(F)F)c1.CCc1ccccc1. The van der Waals surface area contributed by atoms with E-state index >= 15 is 0 Å². The molecule has 2 aromatic rings. The lowest BCUT2D eigenvalue weighted by molar-refractivity contribution is -0.137. The third kappa shape index (κ3) is 6.96. The van der Waals surface area contributed by atoms with Gasteiger partial charge in [-0.2, -0.15) is 18.4 Å². The maximum absolute atomic E-state index is 13.0. The zero-order valence-corrected chi connectivity index (χ0v) is 18.5. The molecule has 2 rings (SSSR count). The fourth-order valence-corrected chi connectivity index (χ4v) is 2.68. The lowest BCUT2D eigenvalue weighted by Crippen LogP contribution is -2.42. The second-order valence-corrected chi connectivity index (χ2v) is 8.18. The molecule has 0 aromatic heterocycles. The predicted molar refractivity (Wildman–Crippen MR) is 117 cm³/mol. The van der Waals surface area contributed by atoms with Crippen LogP contribution in [0.4, 0.5) is 18.9 Å². The van der Waals surface area contributed by atoms with E-state index in [0.29, 0.717) is 0 Å². The van der Waals surface area contributed by atoms with Crippen molar-refractivity contribution in [3.8, 4) is 6.07 Å². The number of carbonyl (C=O) groups is 1. The molecule has 0 spiro atoms. The molecule has 0 N–H and O–H groups in total. The highest BCUT2D eigenvalue weighted by atomic mass is 32.1. The van der Waals surface area contributed by atoms with Crippen molar-refractivity contribution in [1.82, 2.24) is 0 Å². The lowest BCUT2D eigenvalue weighted by Gasteiger charge is -2.29. The summed E-state index contributed by atoms with van der Waals surface area (Å²) in [4.78, 5) is 13.6. The van der Waals surface area contributed by atoms with Crippen molar-refractivity contribution in [1.29, 1.82) is 5.26 Å². The van der Waals surface area contributed by atoms with Crippen molar-refractivity contribution >= 4 is 28.8 Å². The van der Waals surface area contributed by atoms with E-state index in [-0.39, 0.29) is 10.7 Å². The second-order valence-electron chi connectivity index (χ2n) is 7.59. The maximum Gasteiger partial charge on any atom is 0.417 e. The van der Waals surface area contributed by atoms with Crippen molar-refractivity contribution in [2.75, 3.05) is 4.90 Å². The molecule has 0 aliphatic carbocycles. The number of alkyl halides is 3. The molecule has 1 amide bonds. The number of thiocarbonyl (C=S) groups is 1. The van der Waals surface area contributed by atoms with Crippen molar-refractivity contribution in [2.45, 2.75) is 47.2 Å². The van der Waals surface area contributed by atoms with Crippen LogP contribution in [-0.4, -0.2) is 10.9 Å². The van der Waals surface area contributed by atoms with Crippen LogP contribution in [0, 0.1) is 16.7 Å². The van der Waals surface area contributed by atoms with Gasteiger partial charge in [-0.1, -0.05) is 70.2 Å². The van der Waals surface area contributed by atoms with Gasteiger partial charge in [-0.05, 0) is 37.1 Å². The maximum atomic E-state index is 13.0. The molecular formula is C23H25F3N2OS. The highest BCUT2D eigenvalue weighted by Crippen LogP contribution is 2.35. The summed E-state index contributed by atoms with van der Waals surface area (Å²) < 4.78 is 39.1. The summed E-state index contributed by atoms with van der Waals surface area (Å²) >= 11 is 5.00. The normalized spacial score (nSPS) is 11.0. The molecule has 3 nitrogen and oxygen atoms in total. The van der Waals surface area contributed by atoms with Gasteiger partial charge in [0.2, 0.25) is 5.91 Å². The first-order valence-corrected chi connectivity index (χ1v) is 9.74. The van der Waals surface area contributed by atoms with Crippen molar-refractivity contribution in [2.24, 2.45) is 5.41 Å². The number of nitrogens with zero attached hydrogens (tertiary/aromatic N) is 2. The summed E-state index contributed by atoms with van der Waals surface area (Å²) in [6.07, 6.45) is -3.55. The van der Waals surface area contributed by atoms with Crippen molar-refractivity contribution < 1.29 is 18.0 Å². The van der Waals surface area contributed by atoms with Gasteiger partial charge < -0.3 is 0 Å². The number of carbonyl (C=O) groups excluding carboxylic acids is 1. The lowest BCUT2D eigenvalue weighted by atomic mass is 9.94. The molecule has 0 saturated heterocycles. The zero-order valence-electron chi connectivity index (χ0n) is 17.7. The fourth-order valence-electron chi connectivity index (χ4n) is 2.49. The van der Waals surface area contributed by atoms with Gasteiger partial charge in [-0.3, -0.25) is 9.69 Å². The van der Waals surface area contributed by atoms with E-state index < -0.39 is 28.6 Å². The Morgan fingerprint density at radius 1 is 1.10 bits per heavy atom. The minimum atomic E-state index is -4.69. The summed E-state index contributed by atoms with van der Waals surface area (Å²) in [6, 6.07) is 15.1. The van der Waals surface area contributed by atoms with E-state index in [1.807, 2.05) is 6.07 Å². The van der Waals surface area contributed by atoms with Gasteiger partial charge in [0, 0.05) is 5.41 Å². The summed E-state index contributed by atoms with van der Waals surface area (Å²) in [5.41, 5.74) is -0.991. The van der Waals surface area contributed by atoms with Crippen LogP contribution in [0.1, 0.15) is 51.3 Å². The largest absolute Gasteiger partial charge is 0.417 e. The number of halogens is 3. The Morgan fingerprint density at radius 3 is 2.03 bits per heavy atom. The first-order chi connectivity index (χ1) is 13.8. The molecule has 0 unspecified atom stereocenters. The minimum absolute atomic E-state index is 0.00116. The molecule has 7 heteroatoms. The average molecular weight is 435 g/mol. The van der Waals surface area contributed by atoms with Gasteiger partial charge in [0.1, 0.15) is 0 Å². The number of benzene rings is 2. The van der Waals surface area contributed by atoms with Crippen LogP contribution in [-0.2, 0) is 17.4 Å². The van der Waals surface area contributed by atoms with Gasteiger partial charge in [0.25, 0.3) is 0 Å². The Kier molecular flexibility index (Phi) is 8.74. The molecular weight excluding hydrogens is 409 g/mol. The monoisotopic (exact) mass is 434 g/mol. The topological polar surface area (TPSA) is 44.1 Å². The number of aryl methyl sites for hydroxylation is 1. The molecule has 0 fully saturated rings. The second kappa shape index (κ2) is 10.4. The quantitative estimate of drug-likeness (QED) is 0.503. The molecule has 0 aliphatic heterocycles. The van der Waals surface area contributed by atoms with Crippen LogP contribution in [0.2, 0.25) is 0 Å². The predicted octanol–water partition coefficient (Wildman–Crippen LogP) is 6.55. The van der Waals surface area contributed by atoms with Gasteiger partial charge in [0.15, 0.2) is 0 Å². The Hall–Kier alpha value is -2.72. The first-order valence-electron chi connectivity index (χ1n) is 9.33. The molecule has 0 aliphatic rings. The van der Waals surface area contributed by atoms with Gasteiger partial charge >= 0.3 is 6.18 Å². The highest BCUT2D eigenvalue weighted by molar-refractivity contribution is 7.80. The molecule has 0 heterocycles. The number of hydrogen-bond donors (Lipinski definition) is 0. The third-order valence-electron chi connectivity index (χ3n) is 4.10. The minimum Gasteiger partial charge on any atom is -0.275 e. The van der Waals surface area contributed by atoms with E-state index in [1.54, 1.807) is 20.8 Å². The third-order valence-corrected chi connectivity index (χ3v) is 4.28. The smallest absolute Gasteiger partial charge is 0.275 e. The summed E-state index contributed by atoms with van der Waals surface area (Å²) in [7, 11) is 0. The van der Waals surface area contributed by atoms with Crippen molar-refractivity contribution in [3.05, 3.63) is 65.2 Å². The molecule has 30 heavy (non-hydrogen) atoms. The van der Waals surface area contributed by atoms with Crippen LogP contribution in [0.25, 0.3) is 0 Å². The number of rotatable bonds is 2. The van der Waals surface area contributed by atoms with Gasteiger partial charge in [-0.25, -0.2) is 0 Å². The van der Waals surface area contributed by atoms with Gasteiger partial charge in [-0.15, -0.1) is 0 Å². The van der Waals surface area contributed by atoms with Crippen LogP contribution in [0.3, 0.4) is 0 Å². The molecule has 0 atom stereocenters. The Morgan fingerprint density at radius 2 is 1.67 bits per heavy atom. The summed E-state index contributed by atoms with van der Waals surface area (Å²) in [6.45, 7) is 8.57. The van der Waals surface area contributed by atoms with Crippen molar-refractivity contribution in [3.63, 3.8) is 0 Å². The average Bonchev–Trinajstić information content (AvgIpc) is 2.67. The number of hydrogen-bond acceptors (Lipinski definition) is 3. The molecule has 0 radical (unpaired) electrons. The number of amides is 1. The van der Waals surface area contributed by atoms with E-state index in [1.165, 1.54) is 24.6 Å². The van der Waals surface area contributed by atoms with Gasteiger partial charge in [0.05, 0.1) is 27.9 Å². The zero-order chi connectivity index (χ0) is 23.1. The van der Waals surface area contributed by atoms with E-state index in [9.17, 15) is 18.0 Å². The standard InChI is InChI=1S/C15H15F3N2OS.C8H10/c1-9(22)20(13(21)14(2,3)4)11-6-5-10(8-19)12(7-11)15(16,17)18;1-2-8-6-4-3-5-7-8/h5-7H,1-4H3;3-7H,2H2,1H3. The van der Waals surface area contributed by atoms with E-state index in [0.717, 1.165) is 23.5 Å². The van der Waals surface area contributed by atoms with Crippen LogP contribution in [0.5, 0.6) is 0 Å².